The van der Waals surface area contributed by atoms with Crippen molar-refractivity contribution in [3.63, 3.8) is 0 Å². The minimum absolute atomic E-state index is 0.772. The molecule has 2 aliphatic rings. The molecule has 2 aromatic carbocycles. The summed E-state index contributed by atoms with van der Waals surface area (Å²) >= 11 is 0. The number of aromatic nitrogens is 4. The molecule has 35 heavy (non-hydrogen) atoms. The molecular weight excluding hydrogens is 438 g/mol. The molecule has 4 aromatic rings. The number of hydrogen-bond acceptors (Lipinski definition) is 7. The van der Waals surface area contributed by atoms with E-state index in [2.05, 4.69) is 67.4 Å². The van der Waals surface area contributed by atoms with Gasteiger partial charge in [0.1, 0.15) is 11.6 Å². The molecule has 0 amide bonds. The number of H-pyrrole nitrogens is 1. The fraction of sp³-hybridized carbons (Fsp3) is 0.370. The number of rotatable bonds is 6. The zero-order valence-corrected chi connectivity index (χ0v) is 20.2. The molecule has 0 unspecified atom stereocenters. The summed E-state index contributed by atoms with van der Waals surface area (Å²) in [4.78, 5) is 17.2. The first kappa shape index (κ1) is 21.9. The number of aromatic amines is 1. The lowest BCUT2D eigenvalue weighted by atomic mass is 10.2. The molecule has 2 aromatic heterocycles. The number of benzene rings is 2. The summed E-state index contributed by atoms with van der Waals surface area (Å²) in [6, 6.07) is 19.0. The van der Waals surface area contributed by atoms with Crippen LogP contribution in [0.15, 0.2) is 54.6 Å². The van der Waals surface area contributed by atoms with Gasteiger partial charge in [0.15, 0.2) is 5.65 Å². The molecule has 0 aliphatic carbocycles. The molecule has 2 aliphatic heterocycles. The van der Waals surface area contributed by atoms with Gasteiger partial charge in [-0.25, -0.2) is 0 Å². The highest BCUT2D eigenvalue weighted by atomic mass is 16.5. The molecule has 0 bridgehead atoms. The van der Waals surface area contributed by atoms with E-state index in [4.69, 9.17) is 14.7 Å². The fourth-order valence-corrected chi connectivity index (χ4v) is 5.11. The van der Waals surface area contributed by atoms with Gasteiger partial charge in [-0.3, -0.25) is 10.00 Å². The smallest absolute Gasteiger partial charge is 0.229 e. The van der Waals surface area contributed by atoms with Crippen LogP contribution in [0.5, 0.6) is 5.75 Å². The third-order valence-corrected chi connectivity index (χ3v) is 7.05. The first-order chi connectivity index (χ1) is 17.3. The predicted octanol–water partition coefficient (Wildman–Crippen LogP) is 3.64. The van der Waals surface area contributed by atoms with E-state index >= 15 is 0 Å². The second kappa shape index (κ2) is 9.54. The molecular formula is C27H31N7O. The van der Waals surface area contributed by atoms with Gasteiger partial charge in [-0.2, -0.15) is 15.1 Å². The van der Waals surface area contributed by atoms with Crippen molar-refractivity contribution >= 4 is 22.8 Å². The number of methoxy groups -OCH3 is 1. The Kier molecular flexibility index (Phi) is 5.96. The molecule has 0 saturated carbocycles. The van der Waals surface area contributed by atoms with E-state index in [1.54, 1.807) is 7.11 Å². The molecule has 1 N–H and O–H groups in total. The van der Waals surface area contributed by atoms with Gasteiger partial charge in [-0.05, 0) is 36.1 Å². The average molecular weight is 470 g/mol. The maximum atomic E-state index is 5.33. The zero-order chi connectivity index (χ0) is 23.6. The molecule has 180 valence electrons. The van der Waals surface area contributed by atoms with Gasteiger partial charge in [-0.1, -0.05) is 42.5 Å². The van der Waals surface area contributed by atoms with Crippen LogP contribution in [-0.2, 0) is 19.5 Å². The SMILES string of the molecule is COc1ccc(CN2CCCc3[nH]nc4nc(N5CCN(Cc6ccccc6)CC5)nc2c34)cc1. The van der Waals surface area contributed by atoms with Gasteiger partial charge in [0.05, 0.1) is 12.5 Å². The number of ether oxygens (including phenoxy) is 1. The van der Waals surface area contributed by atoms with Crippen molar-refractivity contribution in [3.05, 3.63) is 71.4 Å². The summed E-state index contributed by atoms with van der Waals surface area (Å²) in [5.74, 6) is 2.65. The highest BCUT2D eigenvalue weighted by Gasteiger charge is 2.26. The minimum Gasteiger partial charge on any atom is -0.497 e. The molecule has 0 atom stereocenters. The first-order valence-corrected chi connectivity index (χ1v) is 12.4. The number of hydrogen-bond donors (Lipinski definition) is 1. The largest absolute Gasteiger partial charge is 0.497 e. The Bertz CT molecular complexity index is 1280. The summed E-state index contributed by atoms with van der Waals surface area (Å²) in [7, 11) is 1.70. The second-order valence-electron chi connectivity index (χ2n) is 9.37. The van der Waals surface area contributed by atoms with Crippen molar-refractivity contribution in [2.45, 2.75) is 25.9 Å². The van der Waals surface area contributed by atoms with E-state index in [1.807, 2.05) is 12.1 Å². The minimum atomic E-state index is 0.772. The summed E-state index contributed by atoms with van der Waals surface area (Å²) in [5.41, 5.74) is 4.51. The van der Waals surface area contributed by atoms with Crippen molar-refractivity contribution < 1.29 is 4.74 Å². The van der Waals surface area contributed by atoms with Gasteiger partial charge in [-0.15, -0.1) is 0 Å². The lowest BCUT2D eigenvalue weighted by Gasteiger charge is -2.35. The van der Waals surface area contributed by atoms with Gasteiger partial charge in [0.2, 0.25) is 5.95 Å². The Morgan fingerprint density at radius 1 is 0.857 bits per heavy atom. The van der Waals surface area contributed by atoms with Gasteiger partial charge < -0.3 is 14.5 Å². The molecule has 8 heteroatoms. The predicted molar refractivity (Wildman–Crippen MR) is 138 cm³/mol. The van der Waals surface area contributed by atoms with Crippen LogP contribution in [0, 0.1) is 0 Å². The normalized spacial score (nSPS) is 16.5. The molecule has 6 rings (SSSR count). The number of aryl methyl sites for hydroxylation is 1. The summed E-state index contributed by atoms with van der Waals surface area (Å²) in [6.07, 6.45) is 2.01. The Hall–Kier alpha value is -3.65. The van der Waals surface area contributed by atoms with Crippen LogP contribution >= 0.6 is 0 Å². The van der Waals surface area contributed by atoms with Crippen LogP contribution in [0.2, 0.25) is 0 Å². The maximum Gasteiger partial charge on any atom is 0.229 e. The van der Waals surface area contributed by atoms with Crippen LogP contribution in [-0.4, -0.2) is 64.9 Å². The number of nitrogens with zero attached hydrogens (tertiary/aromatic N) is 6. The van der Waals surface area contributed by atoms with Crippen LogP contribution < -0.4 is 14.5 Å². The Morgan fingerprint density at radius 2 is 1.63 bits per heavy atom. The van der Waals surface area contributed by atoms with E-state index in [9.17, 15) is 0 Å². The third-order valence-electron chi connectivity index (χ3n) is 7.05. The van der Waals surface area contributed by atoms with Crippen molar-refractivity contribution in [1.29, 1.82) is 0 Å². The van der Waals surface area contributed by atoms with Crippen molar-refractivity contribution in [2.24, 2.45) is 0 Å². The maximum absolute atomic E-state index is 5.33. The molecule has 0 radical (unpaired) electrons. The highest BCUT2D eigenvalue weighted by molar-refractivity contribution is 5.91. The van der Waals surface area contributed by atoms with Crippen molar-refractivity contribution in [1.82, 2.24) is 25.1 Å². The lowest BCUT2D eigenvalue weighted by molar-refractivity contribution is 0.249. The average Bonchev–Trinajstić information content (AvgIpc) is 3.23. The Balaban J connectivity index is 1.24. The topological polar surface area (TPSA) is 73.4 Å². The second-order valence-corrected chi connectivity index (χ2v) is 9.37. The van der Waals surface area contributed by atoms with E-state index in [0.717, 1.165) is 92.9 Å². The van der Waals surface area contributed by atoms with E-state index in [1.165, 1.54) is 11.1 Å². The zero-order valence-electron chi connectivity index (χ0n) is 20.2. The summed E-state index contributed by atoms with van der Waals surface area (Å²) < 4.78 is 5.33. The van der Waals surface area contributed by atoms with E-state index < -0.39 is 0 Å². The first-order valence-electron chi connectivity index (χ1n) is 12.4. The third kappa shape index (κ3) is 4.53. The molecule has 1 saturated heterocycles. The van der Waals surface area contributed by atoms with E-state index in [-0.39, 0.29) is 0 Å². The lowest BCUT2D eigenvalue weighted by Crippen LogP contribution is -2.46. The van der Waals surface area contributed by atoms with Crippen molar-refractivity contribution in [2.75, 3.05) is 49.6 Å². The number of nitrogens with one attached hydrogen (secondary N) is 1. The molecule has 0 spiro atoms. The van der Waals surface area contributed by atoms with E-state index in [0.29, 0.717) is 0 Å². The van der Waals surface area contributed by atoms with Crippen LogP contribution in [0.1, 0.15) is 23.2 Å². The van der Waals surface area contributed by atoms with Crippen LogP contribution in [0.4, 0.5) is 11.8 Å². The monoisotopic (exact) mass is 469 g/mol. The van der Waals surface area contributed by atoms with Gasteiger partial charge in [0, 0.05) is 51.5 Å². The number of anilines is 2. The molecule has 4 heterocycles. The molecule has 8 nitrogen and oxygen atoms in total. The summed E-state index contributed by atoms with van der Waals surface area (Å²) in [5, 5.41) is 8.87. The Labute approximate surface area is 205 Å². The van der Waals surface area contributed by atoms with Crippen LogP contribution in [0.3, 0.4) is 0 Å². The fourth-order valence-electron chi connectivity index (χ4n) is 5.11. The van der Waals surface area contributed by atoms with Gasteiger partial charge in [0.25, 0.3) is 0 Å². The van der Waals surface area contributed by atoms with Crippen LogP contribution in [0.25, 0.3) is 11.0 Å². The summed E-state index contributed by atoms with van der Waals surface area (Å²) in [6.45, 7) is 6.54. The quantitative estimate of drug-likeness (QED) is 0.462. The van der Waals surface area contributed by atoms with Crippen molar-refractivity contribution in [3.8, 4) is 5.75 Å². The van der Waals surface area contributed by atoms with Gasteiger partial charge >= 0.3 is 0 Å². The Morgan fingerprint density at radius 3 is 2.40 bits per heavy atom. The standard InChI is InChI=1S/C27H31N7O/c1-35-22-11-9-21(10-12-22)19-34-13-5-8-23-24-25(31-30-23)28-27(29-26(24)34)33-16-14-32(15-17-33)18-20-6-3-2-4-7-20/h2-4,6-7,9-12H,5,8,13-19H2,1H3,(H,28,29,30,31). The number of piperazine rings is 1. The molecule has 1 fully saturated rings. The highest BCUT2D eigenvalue weighted by Crippen LogP contribution is 2.33.